The Hall–Kier alpha value is -1.48. The number of likely N-dealkylation sites (N-methyl/N-ethyl adjacent to an activating group) is 1. The van der Waals surface area contributed by atoms with Crippen molar-refractivity contribution in [3.63, 3.8) is 0 Å². The van der Waals surface area contributed by atoms with E-state index in [-0.39, 0.29) is 23.6 Å². The number of rotatable bonds is 8. The average Bonchev–Trinajstić information content (AvgIpc) is 2.45. The summed E-state index contributed by atoms with van der Waals surface area (Å²) in [5.41, 5.74) is -0.910. The van der Waals surface area contributed by atoms with E-state index in [2.05, 4.69) is 4.72 Å². The lowest BCUT2D eigenvalue weighted by Gasteiger charge is -2.27. The zero-order valence-electron chi connectivity index (χ0n) is 13.9. The second-order valence-electron chi connectivity index (χ2n) is 5.80. The fourth-order valence-corrected chi connectivity index (χ4v) is 3.22. The number of nitrogens with one attached hydrogen (secondary N) is 1. The van der Waals surface area contributed by atoms with E-state index in [1.807, 2.05) is 0 Å². The van der Waals surface area contributed by atoms with Crippen LogP contribution in [-0.2, 0) is 14.8 Å². The van der Waals surface area contributed by atoms with Crippen LogP contribution in [0.3, 0.4) is 0 Å². The normalized spacial score (nSPS) is 14.5. The van der Waals surface area contributed by atoms with Gasteiger partial charge >= 0.3 is 5.97 Å². The van der Waals surface area contributed by atoms with Gasteiger partial charge in [-0.05, 0) is 52.2 Å². The van der Waals surface area contributed by atoms with E-state index in [1.54, 1.807) is 32.8 Å². The van der Waals surface area contributed by atoms with Crippen molar-refractivity contribution >= 4 is 16.0 Å². The van der Waals surface area contributed by atoms with Crippen LogP contribution >= 0.6 is 0 Å². The van der Waals surface area contributed by atoms with Crippen LogP contribution < -0.4 is 4.72 Å². The van der Waals surface area contributed by atoms with Crippen LogP contribution in [0.2, 0.25) is 0 Å². The minimum absolute atomic E-state index is 0.0196. The summed E-state index contributed by atoms with van der Waals surface area (Å²) >= 11 is 0. The van der Waals surface area contributed by atoms with Crippen molar-refractivity contribution in [2.45, 2.75) is 24.3 Å². The van der Waals surface area contributed by atoms with Crippen molar-refractivity contribution in [1.29, 1.82) is 0 Å². The fourth-order valence-electron chi connectivity index (χ4n) is 2.06. The summed E-state index contributed by atoms with van der Waals surface area (Å²) in [6.45, 7) is 3.70. The van der Waals surface area contributed by atoms with Crippen molar-refractivity contribution in [1.82, 2.24) is 9.62 Å². The summed E-state index contributed by atoms with van der Waals surface area (Å²) in [7, 11) is -0.187. The van der Waals surface area contributed by atoms with Gasteiger partial charge in [-0.15, -0.1) is 0 Å². The van der Waals surface area contributed by atoms with Crippen molar-refractivity contribution in [3.8, 4) is 0 Å². The number of ether oxygens (including phenoxy) is 1. The van der Waals surface area contributed by atoms with Gasteiger partial charge in [-0.3, -0.25) is 0 Å². The van der Waals surface area contributed by atoms with E-state index >= 15 is 0 Å². The van der Waals surface area contributed by atoms with Crippen LogP contribution in [-0.4, -0.2) is 63.8 Å². The molecule has 130 valence electrons. The molecule has 0 unspecified atom stereocenters. The highest BCUT2D eigenvalue weighted by Gasteiger charge is 2.25. The topological polar surface area (TPSA) is 95.9 Å². The Morgan fingerprint density at radius 3 is 2.35 bits per heavy atom. The molecule has 0 heterocycles. The Morgan fingerprint density at radius 1 is 1.30 bits per heavy atom. The maximum atomic E-state index is 12.2. The second-order valence-corrected chi connectivity index (χ2v) is 7.57. The van der Waals surface area contributed by atoms with E-state index in [9.17, 15) is 18.3 Å². The van der Waals surface area contributed by atoms with Gasteiger partial charge in [0.15, 0.2) is 0 Å². The average molecular weight is 344 g/mol. The number of nitrogens with zero attached hydrogens (tertiary/aromatic N) is 1. The van der Waals surface area contributed by atoms with Gasteiger partial charge in [-0.25, -0.2) is 17.9 Å². The van der Waals surface area contributed by atoms with Gasteiger partial charge in [-0.1, -0.05) is 0 Å². The first-order chi connectivity index (χ1) is 10.6. The van der Waals surface area contributed by atoms with E-state index in [0.29, 0.717) is 6.54 Å². The molecular weight excluding hydrogens is 320 g/mol. The third-order valence-corrected chi connectivity index (χ3v) is 4.39. The van der Waals surface area contributed by atoms with Gasteiger partial charge in [0.25, 0.3) is 0 Å². The molecule has 1 aromatic rings. The largest absolute Gasteiger partial charge is 0.462 e. The standard InChI is InChI=1S/C15H24N2O5S/c1-5-22-14(18)12-6-8-13(9-7-12)23(20,21)16-10-15(2,19)11-17(3)4/h6-9,16,19H,5,10-11H2,1-4H3/t15-/m0/s1. The molecule has 0 radical (unpaired) electrons. The van der Waals surface area contributed by atoms with E-state index in [0.717, 1.165) is 0 Å². The number of carbonyl (C=O) groups excluding carboxylic acids is 1. The molecule has 7 nitrogen and oxygen atoms in total. The second kappa shape index (κ2) is 7.87. The summed E-state index contributed by atoms with van der Waals surface area (Å²) in [4.78, 5) is 13.3. The molecule has 23 heavy (non-hydrogen) atoms. The van der Waals surface area contributed by atoms with Crippen molar-refractivity contribution < 1.29 is 23.1 Å². The Morgan fingerprint density at radius 2 is 1.87 bits per heavy atom. The minimum atomic E-state index is -3.76. The summed E-state index contributed by atoms with van der Waals surface area (Å²) < 4.78 is 31.7. The molecule has 1 atom stereocenters. The number of sulfonamides is 1. The van der Waals surface area contributed by atoms with Crippen LogP contribution in [0, 0.1) is 0 Å². The zero-order valence-corrected chi connectivity index (χ0v) is 14.7. The van der Waals surface area contributed by atoms with Gasteiger partial charge in [0.2, 0.25) is 10.0 Å². The third-order valence-electron chi connectivity index (χ3n) is 2.98. The number of benzene rings is 1. The molecule has 2 N–H and O–H groups in total. The summed E-state index contributed by atoms with van der Waals surface area (Å²) in [6.07, 6.45) is 0. The first-order valence-corrected chi connectivity index (χ1v) is 8.70. The molecule has 0 bridgehead atoms. The molecule has 1 aromatic carbocycles. The molecule has 0 saturated heterocycles. The highest BCUT2D eigenvalue weighted by atomic mass is 32.2. The smallest absolute Gasteiger partial charge is 0.338 e. The number of hydrogen-bond donors (Lipinski definition) is 2. The summed E-state index contributed by atoms with van der Waals surface area (Å²) in [5, 5.41) is 10.1. The lowest BCUT2D eigenvalue weighted by atomic mass is 10.1. The molecule has 8 heteroatoms. The molecule has 0 aliphatic heterocycles. The molecule has 0 fully saturated rings. The molecule has 0 amide bonds. The predicted octanol–water partition coefficient (Wildman–Crippen LogP) is 0.454. The monoisotopic (exact) mass is 344 g/mol. The zero-order chi connectivity index (χ0) is 17.7. The van der Waals surface area contributed by atoms with Gasteiger partial charge in [0, 0.05) is 13.1 Å². The predicted molar refractivity (Wildman–Crippen MR) is 86.8 cm³/mol. The molecule has 1 rings (SSSR count). The van der Waals surface area contributed by atoms with Gasteiger partial charge in [-0.2, -0.15) is 0 Å². The quantitative estimate of drug-likeness (QED) is 0.665. The highest BCUT2D eigenvalue weighted by Crippen LogP contribution is 2.13. The lowest BCUT2D eigenvalue weighted by molar-refractivity contribution is 0.0386. The number of hydrogen-bond acceptors (Lipinski definition) is 6. The third kappa shape index (κ3) is 6.26. The Labute approximate surface area is 137 Å². The van der Waals surface area contributed by atoms with Crippen LogP contribution in [0.1, 0.15) is 24.2 Å². The molecule has 0 aromatic heterocycles. The number of esters is 1. The van der Waals surface area contributed by atoms with Crippen molar-refractivity contribution in [2.75, 3.05) is 33.8 Å². The summed E-state index contributed by atoms with van der Waals surface area (Å²) in [5.74, 6) is -0.502. The Bertz CT molecular complexity index is 624. The van der Waals surface area contributed by atoms with Crippen molar-refractivity contribution in [2.24, 2.45) is 0 Å². The van der Waals surface area contributed by atoms with Crippen LogP contribution in [0.25, 0.3) is 0 Å². The molecular formula is C15H24N2O5S. The van der Waals surface area contributed by atoms with E-state index in [4.69, 9.17) is 4.74 Å². The molecule has 0 saturated carbocycles. The van der Waals surface area contributed by atoms with Crippen LogP contribution in [0.15, 0.2) is 29.2 Å². The SMILES string of the molecule is CCOC(=O)c1ccc(S(=O)(=O)NC[C@](C)(O)CN(C)C)cc1. The van der Waals surface area contributed by atoms with Gasteiger partial charge in [0.05, 0.1) is 22.7 Å². The van der Waals surface area contributed by atoms with Crippen LogP contribution in [0.5, 0.6) is 0 Å². The van der Waals surface area contributed by atoms with E-state index in [1.165, 1.54) is 24.3 Å². The van der Waals surface area contributed by atoms with Gasteiger partial charge in [0.1, 0.15) is 0 Å². The molecule has 0 aliphatic rings. The Balaban J connectivity index is 2.79. The van der Waals surface area contributed by atoms with Gasteiger partial charge < -0.3 is 14.7 Å². The fraction of sp³-hybridized carbons (Fsp3) is 0.533. The number of aliphatic hydroxyl groups is 1. The highest BCUT2D eigenvalue weighted by molar-refractivity contribution is 7.89. The first-order valence-electron chi connectivity index (χ1n) is 7.21. The maximum absolute atomic E-state index is 12.2. The first kappa shape index (κ1) is 19.6. The Kier molecular flexibility index (Phi) is 6.69. The summed E-state index contributed by atoms with van der Waals surface area (Å²) in [6, 6.07) is 5.44. The van der Waals surface area contributed by atoms with E-state index < -0.39 is 21.6 Å². The molecule has 0 spiro atoms. The number of carbonyl (C=O) groups is 1. The molecule has 0 aliphatic carbocycles. The van der Waals surface area contributed by atoms with Crippen LogP contribution in [0.4, 0.5) is 0 Å². The lowest BCUT2D eigenvalue weighted by Crippen LogP contribution is -2.47. The van der Waals surface area contributed by atoms with Crippen molar-refractivity contribution in [3.05, 3.63) is 29.8 Å². The maximum Gasteiger partial charge on any atom is 0.338 e. The minimum Gasteiger partial charge on any atom is -0.462 e.